The fraction of sp³-hybridized carbons (Fsp3) is 0.514. The van der Waals surface area contributed by atoms with E-state index in [4.69, 9.17) is 9.47 Å². The van der Waals surface area contributed by atoms with Gasteiger partial charge >= 0.3 is 6.09 Å². The van der Waals surface area contributed by atoms with Gasteiger partial charge in [-0.1, -0.05) is 29.8 Å². The third kappa shape index (κ3) is 10.6. The number of allylic oxidation sites excluding steroid dienone is 2. The molecular weight excluding hydrogens is 691 g/mol. The first kappa shape index (κ1) is 40.0. The predicted molar refractivity (Wildman–Crippen MR) is 195 cm³/mol. The second kappa shape index (κ2) is 16.3. The van der Waals surface area contributed by atoms with Gasteiger partial charge in [0.1, 0.15) is 29.3 Å². The molecule has 4 amide bonds. The number of hydrogen-bond acceptors (Lipinski definition) is 10. The van der Waals surface area contributed by atoms with Crippen molar-refractivity contribution in [2.24, 2.45) is 0 Å². The molecule has 0 radical (unpaired) electrons. The Balaban J connectivity index is 1.66. The number of nitrogens with zero attached hydrogens (tertiary/aromatic N) is 2. The van der Waals surface area contributed by atoms with Gasteiger partial charge in [-0.05, 0) is 90.8 Å². The van der Waals surface area contributed by atoms with Gasteiger partial charge in [0.05, 0.1) is 11.8 Å². The van der Waals surface area contributed by atoms with Gasteiger partial charge in [0.25, 0.3) is 5.91 Å². The molecule has 0 bridgehead atoms. The lowest BCUT2D eigenvalue weighted by Crippen LogP contribution is -2.61. The number of amides is 4. The molecule has 2 heterocycles. The average Bonchev–Trinajstić information content (AvgIpc) is 3.83. The number of sulfonamides is 1. The van der Waals surface area contributed by atoms with Crippen LogP contribution in [0.15, 0.2) is 60.8 Å². The lowest BCUT2D eigenvalue weighted by Gasteiger charge is -2.33. The Kier molecular flexibility index (Phi) is 12.5. The Labute approximate surface area is 304 Å². The summed E-state index contributed by atoms with van der Waals surface area (Å²) in [5, 5.41) is 6.15. The Hall–Kier alpha value is -4.79. The summed E-state index contributed by atoms with van der Waals surface area (Å²) in [6.07, 6.45) is 3.26. The van der Waals surface area contributed by atoms with Crippen molar-refractivity contribution < 1.29 is 41.9 Å². The molecular formula is C37H49N5O9S. The summed E-state index contributed by atoms with van der Waals surface area (Å²) in [5.74, 6) is -2.36. The summed E-state index contributed by atoms with van der Waals surface area (Å²) in [7, 11) is -3.95. The zero-order chi connectivity index (χ0) is 38.4. The molecule has 15 heteroatoms. The minimum Gasteiger partial charge on any atom is -0.472 e. The van der Waals surface area contributed by atoms with Crippen LogP contribution in [-0.4, -0.2) is 89.0 Å². The van der Waals surface area contributed by atoms with E-state index >= 15 is 0 Å². The number of ketones is 1. The molecule has 0 unspecified atom stereocenters. The molecule has 1 aromatic carbocycles. The largest absolute Gasteiger partial charge is 0.472 e. The normalized spacial score (nSPS) is 19.1. The van der Waals surface area contributed by atoms with E-state index in [1.807, 2.05) is 30.3 Å². The number of likely N-dealkylation sites (tertiary alicyclic amines) is 1. The smallest absolute Gasteiger partial charge is 0.408 e. The highest BCUT2D eigenvalue weighted by atomic mass is 32.2. The summed E-state index contributed by atoms with van der Waals surface area (Å²) >= 11 is 0. The van der Waals surface area contributed by atoms with Crippen LogP contribution in [0.25, 0.3) is 10.8 Å². The molecule has 52 heavy (non-hydrogen) atoms. The van der Waals surface area contributed by atoms with E-state index in [1.54, 1.807) is 40.8 Å². The molecule has 1 saturated heterocycles. The standard InChI is InChI=1S/C37H49N5O9S/c1-8-18-37(7,34(46)41-52(48,49)27-14-15-27)40-31(44)30-21-26(50-32-28-12-10-9-11-24(28)17-19-38-32)22-42(30)33(45)29(16-13-25(43)20-23(2)3)39-35(47)51-36(4,5)6/h8-12,17,19-20,26-27,29-30H,1,13-16,18,21-22H2,2-7H3,(H,39,47)(H,40,44)(H,41,46)/t26-,29+,30+,37+/m1/s1. The molecule has 1 aromatic heterocycles. The quantitative estimate of drug-likeness (QED) is 0.179. The maximum absolute atomic E-state index is 14.4. The summed E-state index contributed by atoms with van der Waals surface area (Å²) in [5.41, 5.74) is -1.88. The Morgan fingerprint density at radius 2 is 1.77 bits per heavy atom. The monoisotopic (exact) mass is 739 g/mol. The maximum atomic E-state index is 14.4. The number of benzene rings is 1. The van der Waals surface area contributed by atoms with Crippen LogP contribution in [0.1, 0.15) is 80.1 Å². The van der Waals surface area contributed by atoms with Crippen molar-refractivity contribution in [3.8, 4) is 5.88 Å². The Bertz CT molecular complexity index is 1840. The van der Waals surface area contributed by atoms with Crippen LogP contribution < -0.4 is 20.1 Å². The van der Waals surface area contributed by atoms with Crippen molar-refractivity contribution in [2.75, 3.05) is 6.54 Å². The Morgan fingerprint density at radius 3 is 2.40 bits per heavy atom. The van der Waals surface area contributed by atoms with Crippen LogP contribution in [0.4, 0.5) is 4.79 Å². The van der Waals surface area contributed by atoms with Gasteiger partial charge in [0.2, 0.25) is 27.7 Å². The van der Waals surface area contributed by atoms with Crippen LogP contribution in [-0.2, 0) is 33.9 Å². The predicted octanol–water partition coefficient (Wildman–Crippen LogP) is 3.85. The molecule has 1 aliphatic carbocycles. The molecule has 4 atom stereocenters. The number of rotatable bonds is 15. The van der Waals surface area contributed by atoms with E-state index in [2.05, 4.69) is 26.9 Å². The summed E-state index contributed by atoms with van der Waals surface area (Å²) in [6.45, 7) is 13.5. The van der Waals surface area contributed by atoms with Gasteiger partial charge < -0.3 is 25.0 Å². The van der Waals surface area contributed by atoms with Crippen LogP contribution in [0.2, 0.25) is 0 Å². The van der Waals surface area contributed by atoms with Gasteiger partial charge in [0.15, 0.2) is 5.78 Å². The van der Waals surface area contributed by atoms with Crippen molar-refractivity contribution in [3.63, 3.8) is 0 Å². The molecule has 1 saturated carbocycles. The first-order valence-electron chi connectivity index (χ1n) is 17.3. The molecule has 1 aliphatic heterocycles. The van der Waals surface area contributed by atoms with Gasteiger partial charge in [-0.25, -0.2) is 18.2 Å². The van der Waals surface area contributed by atoms with E-state index in [0.717, 1.165) is 11.0 Å². The highest BCUT2D eigenvalue weighted by molar-refractivity contribution is 7.91. The second-order valence-electron chi connectivity index (χ2n) is 14.7. The minimum absolute atomic E-state index is 0.0372. The highest BCUT2D eigenvalue weighted by Crippen LogP contribution is 2.30. The maximum Gasteiger partial charge on any atom is 0.408 e. The van der Waals surface area contributed by atoms with Crippen molar-refractivity contribution in [3.05, 3.63) is 60.8 Å². The first-order valence-corrected chi connectivity index (χ1v) is 18.8. The molecule has 2 fully saturated rings. The number of ether oxygens (including phenoxy) is 2. The first-order chi connectivity index (χ1) is 24.3. The van der Waals surface area contributed by atoms with Crippen molar-refractivity contribution in [1.82, 2.24) is 25.2 Å². The van der Waals surface area contributed by atoms with E-state index < -0.39 is 68.4 Å². The molecule has 3 N–H and O–H groups in total. The summed E-state index contributed by atoms with van der Waals surface area (Å²) in [4.78, 5) is 73.2. The van der Waals surface area contributed by atoms with Crippen LogP contribution in [0.5, 0.6) is 5.88 Å². The molecule has 2 aromatic rings. The number of fused-ring (bicyclic) bond motifs is 1. The fourth-order valence-electron chi connectivity index (χ4n) is 5.85. The summed E-state index contributed by atoms with van der Waals surface area (Å²) < 4.78 is 39.1. The fourth-order valence-corrected chi connectivity index (χ4v) is 7.26. The van der Waals surface area contributed by atoms with Crippen LogP contribution >= 0.6 is 0 Å². The molecule has 282 valence electrons. The Morgan fingerprint density at radius 1 is 1.08 bits per heavy atom. The molecule has 14 nitrogen and oxygen atoms in total. The van der Waals surface area contributed by atoms with E-state index in [9.17, 15) is 32.4 Å². The summed E-state index contributed by atoms with van der Waals surface area (Å²) in [6, 6.07) is 6.73. The van der Waals surface area contributed by atoms with E-state index in [1.165, 1.54) is 24.0 Å². The third-order valence-electron chi connectivity index (χ3n) is 8.53. The van der Waals surface area contributed by atoms with Gasteiger partial charge in [0, 0.05) is 24.4 Å². The number of hydrogen-bond donors (Lipinski definition) is 3. The second-order valence-corrected chi connectivity index (χ2v) is 16.7. The number of pyridine rings is 1. The van der Waals surface area contributed by atoms with E-state index in [-0.39, 0.29) is 43.9 Å². The van der Waals surface area contributed by atoms with E-state index in [0.29, 0.717) is 18.2 Å². The highest BCUT2D eigenvalue weighted by Gasteiger charge is 2.47. The van der Waals surface area contributed by atoms with Gasteiger partial charge in [-0.15, -0.1) is 6.58 Å². The van der Waals surface area contributed by atoms with Crippen molar-refractivity contribution in [1.29, 1.82) is 0 Å². The SMILES string of the molecule is C=CC[C@](C)(NC(=O)[C@@H]1C[C@@H](Oc2nccc3ccccc23)CN1C(=O)[C@H](CCC(=O)C=C(C)C)NC(=O)OC(C)(C)C)C(=O)NS(=O)(=O)C1CC1. The third-order valence-corrected chi connectivity index (χ3v) is 10.4. The number of alkyl carbamates (subject to hydrolysis) is 1. The zero-order valence-electron chi connectivity index (χ0n) is 30.6. The number of nitrogens with one attached hydrogen (secondary N) is 3. The molecule has 2 aliphatic rings. The number of carbonyl (C=O) groups is 5. The molecule has 0 spiro atoms. The molecule has 4 rings (SSSR count). The lowest BCUT2D eigenvalue weighted by atomic mass is 9.96. The number of carbonyl (C=O) groups excluding carboxylic acids is 5. The zero-order valence-corrected chi connectivity index (χ0v) is 31.4. The van der Waals surface area contributed by atoms with Crippen molar-refractivity contribution in [2.45, 2.75) is 115 Å². The van der Waals surface area contributed by atoms with Crippen molar-refractivity contribution >= 4 is 50.4 Å². The van der Waals surface area contributed by atoms with Gasteiger partial charge in [-0.2, -0.15) is 0 Å². The minimum atomic E-state index is -3.95. The topological polar surface area (TPSA) is 190 Å². The van der Waals surface area contributed by atoms with Gasteiger partial charge in [-0.3, -0.25) is 23.9 Å². The van der Waals surface area contributed by atoms with Crippen LogP contribution in [0.3, 0.4) is 0 Å². The lowest BCUT2D eigenvalue weighted by molar-refractivity contribution is -0.142. The van der Waals surface area contributed by atoms with Crippen LogP contribution in [0, 0.1) is 0 Å². The number of aromatic nitrogens is 1. The average molecular weight is 740 g/mol.